The summed E-state index contributed by atoms with van der Waals surface area (Å²) in [5.74, 6) is -1.27. The van der Waals surface area contributed by atoms with Crippen molar-refractivity contribution < 1.29 is 14.3 Å². The lowest BCUT2D eigenvalue weighted by atomic mass is 9.98. The van der Waals surface area contributed by atoms with Crippen LogP contribution in [0.5, 0.6) is 0 Å². The number of carboxylic acids is 1. The van der Waals surface area contributed by atoms with Gasteiger partial charge in [0.1, 0.15) is 5.82 Å². The molecular formula is C17H14FNO2. The van der Waals surface area contributed by atoms with Gasteiger partial charge in [0.05, 0.1) is 5.56 Å². The molecule has 1 aromatic heterocycles. The number of hydrogen-bond acceptors (Lipinski definition) is 1. The van der Waals surface area contributed by atoms with Gasteiger partial charge in [-0.1, -0.05) is 12.1 Å². The monoisotopic (exact) mass is 283 g/mol. The average molecular weight is 283 g/mol. The molecule has 0 aliphatic rings. The third-order valence-electron chi connectivity index (χ3n) is 3.73. The van der Waals surface area contributed by atoms with Crippen molar-refractivity contribution in [2.75, 3.05) is 0 Å². The van der Waals surface area contributed by atoms with Gasteiger partial charge in [0.25, 0.3) is 0 Å². The van der Waals surface area contributed by atoms with Crippen molar-refractivity contribution in [1.82, 2.24) is 4.57 Å². The molecule has 0 bridgehead atoms. The minimum atomic E-state index is -0.964. The summed E-state index contributed by atoms with van der Waals surface area (Å²) in [6.45, 7) is 1.90. The molecule has 0 saturated heterocycles. The van der Waals surface area contributed by atoms with E-state index in [2.05, 4.69) is 0 Å². The van der Waals surface area contributed by atoms with Gasteiger partial charge in [0, 0.05) is 24.1 Å². The van der Waals surface area contributed by atoms with Crippen LogP contribution in [-0.2, 0) is 7.05 Å². The molecule has 1 N–H and O–H groups in total. The van der Waals surface area contributed by atoms with E-state index in [1.807, 2.05) is 26.1 Å². The molecule has 21 heavy (non-hydrogen) atoms. The zero-order chi connectivity index (χ0) is 15.1. The highest BCUT2D eigenvalue weighted by Gasteiger charge is 2.14. The van der Waals surface area contributed by atoms with E-state index in [1.165, 1.54) is 12.1 Å². The lowest BCUT2D eigenvalue weighted by Gasteiger charge is -2.07. The van der Waals surface area contributed by atoms with Crippen LogP contribution in [0.1, 0.15) is 15.9 Å². The van der Waals surface area contributed by atoms with Crippen molar-refractivity contribution in [1.29, 1.82) is 0 Å². The molecule has 106 valence electrons. The predicted octanol–water partition coefficient (Wildman–Crippen LogP) is 3.99. The number of carbonyl (C=O) groups is 1. The number of rotatable bonds is 2. The largest absolute Gasteiger partial charge is 0.478 e. The summed E-state index contributed by atoms with van der Waals surface area (Å²) < 4.78 is 15.2. The van der Waals surface area contributed by atoms with E-state index in [0.717, 1.165) is 22.2 Å². The molecule has 0 fully saturated rings. The van der Waals surface area contributed by atoms with Crippen LogP contribution in [0.4, 0.5) is 4.39 Å². The summed E-state index contributed by atoms with van der Waals surface area (Å²) >= 11 is 0. The molecule has 0 atom stereocenters. The molecule has 0 aliphatic heterocycles. The standard InChI is InChI=1S/C17H14FNO2/c1-10-3-5-12(18)8-13(10)11-4-6-16-14(7-11)15(17(20)21)9-19(16)2/h3-9H,1-2H3,(H,20,21). The van der Waals surface area contributed by atoms with Crippen LogP contribution in [0.15, 0.2) is 42.6 Å². The Balaban J connectivity index is 2.28. The number of aryl methyl sites for hydroxylation is 2. The molecule has 0 spiro atoms. The first-order chi connectivity index (χ1) is 9.97. The fourth-order valence-electron chi connectivity index (χ4n) is 2.64. The zero-order valence-corrected chi connectivity index (χ0v) is 11.7. The van der Waals surface area contributed by atoms with Gasteiger partial charge in [-0.2, -0.15) is 0 Å². The van der Waals surface area contributed by atoms with E-state index in [-0.39, 0.29) is 11.4 Å². The molecular weight excluding hydrogens is 269 g/mol. The molecule has 3 nitrogen and oxygen atoms in total. The fourth-order valence-corrected chi connectivity index (χ4v) is 2.64. The second-order valence-electron chi connectivity index (χ2n) is 5.15. The molecule has 3 rings (SSSR count). The number of halogens is 1. The number of fused-ring (bicyclic) bond motifs is 1. The maximum absolute atomic E-state index is 13.5. The van der Waals surface area contributed by atoms with Crippen molar-refractivity contribution >= 4 is 16.9 Å². The van der Waals surface area contributed by atoms with Crippen LogP contribution in [-0.4, -0.2) is 15.6 Å². The van der Waals surface area contributed by atoms with Crippen molar-refractivity contribution in [2.24, 2.45) is 7.05 Å². The van der Waals surface area contributed by atoms with Crippen LogP contribution in [0.3, 0.4) is 0 Å². The summed E-state index contributed by atoms with van der Waals surface area (Å²) in [5.41, 5.74) is 3.63. The molecule has 2 aromatic carbocycles. The molecule has 1 heterocycles. The maximum Gasteiger partial charge on any atom is 0.337 e. The van der Waals surface area contributed by atoms with Crippen molar-refractivity contribution in [2.45, 2.75) is 6.92 Å². The van der Waals surface area contributed by atoms with Crippen molar-refractivity contribution in [3.8, 4) is 11.1 Å². The summed E-state index contributed by atoms with van der Waals surface area (Å²) in [6.07, 6.45) is 1.59. The topological polar surface area (TPSA) is 42.2 Å². The quantitative estimate of drug-likeness (QED) is 0.772. The van der Waals surface area contributed by atoms with Gasteiger partial charge in [0.2, 0.25) is 0 Å². The zero-order valence-electron chi connectivity index (χ0n) is 11.7. The smallest absolute Gasteiger partial charge is 0.337 e. The SMILES string of the molecule is Cc1ccc(F)cc1-c1ccc2c(c1)c(C(=O)O)cn2C. The van der Waals surface area contributed by atoms with Gasteiger partial charge in [0.15, 0.2) is 0 Å². The number of benzene rings is 2. The molecule has 0 amide bonds. The highest BCUT2D eigenvalue weighted by Crippen LogP contribution is 2.30. The number of hydrogen-bond donors (Lipinski definition) is 1. The fraction of sp³-hybridized carbons (Fsp3) is 0.118. The third-order valence-corrected chi connectivity index (χ3v) is 3.73. The molecule has 0 radical (unpaired) electrons. The molecule has 3 aromatic rings. The van der Waals surface area contributed by atoms with Crippen LogP contribution in [0.25, 0.3) is 22.0 Å². The number of nitrogens with zero attached hydrogens (tertiary/aromatic N) is 1. The Morgan fingerprint density at radius 3 is 2.67 bits per heavy atom. The molecule has 0 saturated carbocycles. The average Bonchev–Trinajstić information content (AvgIpc) is 2.78. The first-order valence-corrected chi connectivity index (χ1v) is 6.56. The highest BCUT2D eigenvalue weighted by atomic mass is 19.1. The number of carboxylic acid groups (broad SMARTS) is 1. The van der Waals surface area contributed by atoms with Gasteiger partial charge < -0.3 is 9.67 Å². The second-order valence-corrected chi connectivity index (χ2v) is 5.15. The predicted molar refractivity (Wildman–Crippen MR) is 80.0 cm³/mol. The van der Waals surface area contributed by atoms with Gasteiger partial charge in [-0.3, -0.25) is 0 Å². The van der Waals surface area contributed by atoms with Crippen molar-refractivity contribution in [3.63, 3.8) is 0 Å². The Hall–Kier alpha value is -2.62. The van der Waals surface area contributed by atoms with Crippen LogP contribution < -0.4 is 0 Å². The Morgan fingerprint density at radius 1 is 1.19 bits per heavy atom. The van der Waals surface area contributed by atoms with E-state index in [1.54, 1.807) is 22.9 Å². The molecule has 4 heteroatoms. The second kappa shape index (κ2) is 4.74. The number of aromatic nitrogens is 1. The van der Waals surface area contributed by atoms with Gasteiger partial charge >= 0.3 is 5.97 Å². The first-order valence-electron chi connectivity index (χ1n) is 6.56. The van der Waals surface area contributed by atoms with Gasteiger partial charge in [-0.25, -0.2) is 9.18 Å². The van der Waals surface area contributed by atoms with E-state index >= 15 is 0 Å². The Kier molecular flexibility index (Phi) is 3.01. The van der Waals surface area contributed by atoms with Gasteiger partial charge in [-0.05, 0) is 47.9 Å². The summed E-state index contributed by atoms with van der Waals surface area (Å²) in [6, 6.07) is 10.2. The van der Waals surface area contributed by atoms with E-state index < -0.39 is 5.97 Å². The summed E-state index contributed by atoms with van der Waals surface area (Å²) in [4.78, 5) is 11.3. The third kappa shape index (κ3) is 2.18. The lowest BCUT2D eigenvalue weighted by Crippen LogP contribution is -1.94. The van der Waals surface area contributed by atoms with Crippen LogP contribution in [0, 0.1) is 12.7 Å². The normalized spacial score (nSPS) is 11.0. The lowest BCUT2D eigenvalue weighted by molar-refractivity contribution is 0.0699. The Morgan fingerprint density at radius 2 is 1.95 bits per heavy atom. The van der Waals surface area contributed by atoms with Crippen LogP contribution in [0.2, 0.25) is 0 Å². The summed E-state index contributed by atoms with van der Waals surface area (Å²) in [7, 11) is 1.81. The highest BCUT2D eigenvalue weighted by molar-refractivity contribution is 6.04. The van der Waals surface area contributed by atoms with E-state index in [0.29, 0.717) is 5.39 Å². The Bertz CT molecular complexity index is 865. The number of aromatic carboxylic acids is 1. The van der Waals surface area contributed by atoms with E-state index in [9.17, 15) is 14.3 Å². The molecule has 0 aliphatic carbocycles. The maximum atomic E-state index is 13.5. The minimum Gasteiger partial charge on any atom is -0.478 e. The first kappa shape index (κ1) is 13.4. The molecule has 0 unspecified atom stereocenters. The Labute approximate surface area is 121 Å². The van der Waals surface area contributed by atoms with Gasteiger partial charge in [-0.15, -0.1) is 0 Å². The van der Waals surface area contributed by atoms with Crippen molar-refractivity contribution in [3.05, 3.63) is 59.5 Å². The van der Waals surface area contributed by atoms with Crippen LogP contribution >= 0.6 is 0 Å². The minimum absolute atomic E-state index is 0.253. The van der Waals surface area contributed by atoms with E-state index in [4.69, 9.17) is 0 Å². The summed E-state index contributed by atoms with van der Waals surface area (Å²) in [5, 5.41) is 9.94.